The van der Waals surface area contributed by atoms with E-state index < -0.39 is 0 Å². The molecule has 1 aromatic carbocycles. The molecule has 0 amide bonds. The van der Waals surface area contributed by atoms with Crippen LogP contribution in [0.3, 0.4) is 0 Å². The van der Waals surface area contributed by atoms with Gasteiger partial charge in [0, 0.05) is 11.6 Å². The molecule has 0 saturated carbocycles. The first-order chi connectivity index (χ1) is 13.5. The van der Waals surface area contributed by atoms with Gasteiger partial charge in [0.05, 0.1) is 19.4 Å². The lowest BCUT2D eigenvalue weighted by Crippen LogP contribution is -2.42. The molecule has 2 aromatic heterocycles. The topological polar surface area (TPSA) is 72.3 Å². The van der Waals surface area contributed by atoms with Gasteiger partial charge in [-0.2, -0.15) is 4.57 Å². The van der Waals surface area contributed by atoms with Crippen LogP contribution in [-0.4, -0.2) is 10.1 Å². The predicted octanol–water partition coefficient (Wildman–Crippen LogP) is 2.48. The molecule has 2 heterocycles. The van der Waals surface area contributed by atoms with Gasteiger partial charge in [0.2, 0.25) is 5.70 Å². The van der Waals surface area contributed by atoms with Crippen LogP contribution >= 0.6 is 12.2 Å². The fourth-order valence-electron chi connectivity index (χ4n) is 2.78. The normalized spacial score (nSPS) is 11.8. The summed E-state index contributed by atoms with van der Waals surface area (Å²) >= 11 is 5.55. The molecule has 0 bridgehead atoms. The first-order valence-electron chi connectivity index (χ1n) is 8.90. The van der Waals surface area contributed by atoms with E-state index in [1.54, 1.807) is 47.5 Å². The Kier molecular flexibility index (Phi) is 6.23. The zero-order chi connectivity index (χ0) is 20.1. The van der Waals surface area contributed by atoms with Crippen LogP contribution in [0, 0.1) is 13.8 Å². The zero-order valence-corrected chi connectivity index (χ0v) is 16.6. The van der Waals surface area contributed by atoms with E-state index >= 15 is 0 Å². The zero-order valence-electron chi connectivity index (χ0n) is 15.8. The molecular formula is C22H22N2O3S. The minimum Gasteiger partial charge on any atom is -0.867 e. The summed E-state index contributed by atoms with van der Waals surface area (Å²) in [6.07, 6.45) is 5.04. The van der Waals surface area contributed by atoms with Crippen molar-refractivity contribution >= 4 is 28.7 Å². The summed E-state index contributed by atoms with van der Waals surface area (Å²) in [5, 5.41) is 25.9. The van der Waals surface area contributed by atoms with E-state index in [0.29, 0.717) is 28.4 Å². The molecule has 0 aliphatic rings. The second kappa shape index (κ2) is 8.82. The van der Waals surface area contributed by atoms with Crippen molar-refractivity contribution in [3.8, 4) is 0 Å². The molecule has 28 heavy (non-hydrogen) atoms. The number of nitrogens with zero attached hydrogens (tertiary/aromatic N) is 1. The van der Waals surface area contributed by atoms with Gasteiger partial charge in [0.25, 0.3) is 0 Å². The van der Waals surface area contributed by atoms with E-state index in [4.69, 9.17) is 16.6 Å². The van der Waals surface area contributed by atoms with Crippen LogP contribution in [-0.2, 0) is 13.2 Å². The van der Waals surface area contributed by atoms with Gasteiger partial charge in [-0.05, 0) is 54.5 Å². The van der Waals surface area contributed by atoms with Crippen molar-refractivity contribution in [2.75, 3.05) is 0 Å². The predicted molar refractivity (Wildman–Crippen MR) is 110 cm³/mol. The van der Waals surface area contributed by atoms with Gasteiger partial charge in [-0.1, -0.05) is 30.4 Å². The maximum atomic E-state index is 13.3. The van der Waals surface area contributed by atoms with E-state index in [2.05, 4.69) is 5.32 Å². The maximum absolute atomic E-state index is 13.3. The second-order valence-corrected chi connectivity index (χ2v) is 6.92. The number of aliphatic hydroxyl groups excluding tert-OH is 1. The summed E-state index contributed by atoms with van der Waals surface area (Å²) in [6.45, 7) is 4.22. The molecule has 0 aliphatic carbocycles. The van der Waals surface area contributed by atoms with E-state index in [0.717, 1.165) is 16.9 Å². The molecule has 0 radical (unpaired) electrons. The van der Waals surface area contributed by atoms with Crippen LogP contribution in [0.5, 0.6) is 0 Å². The maximum Gasteiger partial charge on any atom is 0.237 e. The highest BCUT2D eigenvalue weighted by Gasteiger charge is 2.19. The number of benzene rings is 1. The Hall–Kier alpha value is -2.96. The lowest BCUT2D eigenvalue weighted by Gasteiger charge is -2.18. The first-order valence-corrected chi connectivity index (χ1v) is 9.31. The summed E-state index contributed by atoms with van der Waals surface area (Å²) < 4.78 is 6.98. The lowest BCUT2D eigenvalue weighted by molar-refractivity contribution is -0.578. The smallest absolute Gasteiger partial charge is 0.237 e. The molecule has 6 heteroatoms. The number of aromatic nitrogens is 1. The van der Waals surface area contributed by atoms with Crippen LogP contribution in [0.15, 0.2) is 65.5 Å². The van der Waals surface area contributed by atoms with Gasteiger partial charge in [-0.3, -0.25) is 0 Å². The Morgan fingerprint density at radius 2 is 2.00 bits per heavy atom. The third kappa shape index (κ3) is 4.47. The minimum absolute atomic E-state index is 0.126. The van der Waals surface area contributed by atoms with Crippen molar-refractivity contribution < 1.29 is 19.2 Å². The molecular weight excluding hydrogens is 372 g/mol. The molecule has 5 nitrogen and oxygen atoms in total. The van der Waals surface area contributed by atoms with E-state index in [1.165, 1.54) is 0 Å². The van der Waals surface area contributed by atoms with Gasteiger partial charge in [-0.25, -0.2) is 0 Å². The number of furan rings is 1. The summed E-state index contributed by atoms with van der Waals surface area (Å²) in [6, 6.07) is 12.8. The Morgan fingerprint density at radius 3 is 2.68 bits per heavy atom. The fraction of sp³-hybridized carbons (Fsp3) is 0.182. The highest BCUT2D eigenvalue weighted by Crippen LogP contribution is 2.18. The highest BCUT2D eigenvalue weighted by molar-refractivity contribution is 7.81. The molecule has 0 saturated heterocycles. The van der Waals surface area contributed by atoms with Crippen molar-refractivity contribution in [3.63, 3.8) is 0 Å². The van der Waals surface area contributed by atoms with Gasteiger partial charge in [0.1, 0.15) is 5.76 Å². The Balaban J connectivity index is 2.04. The molecule has 0 atom stereocenters. The summed E-state index contributed by atoms with van der Waals surface area (Å²) in [5.41, 5.74) is 3.71. The number of aliphatic hydroxyl groups is 1. The van der Waals surface area contributed by atoms with Crippen molar-refractivity contribution in [1.82, 2.24) is 5.32 Å². The number of thiocarbonyl (C=S) groups is 1. The monoisotopic (exact) mass is 394 g/mol. The first kappa shape index (κ1) is 19.8. The van der Waals surface area contributed by atoms with Gasteiger partial charge >= 0.3 is 0 Å². The third-order valence-corrected chi connectivity index (χ3v) is 4.84. The van der Waals surface area contributed by atoms with Gasteiger partial charge in [-0.15, -0.1) is 0 Å². The van der Waals surface area contributed by atoms with E-state index in [9.17, 15) is 10.2 Å². The molecule has 0 aliphatic heterocycles. The van der Waals surface area contributed by atoms with Crippen molar-refractivity contribution in [3.05, 3.63) is 89.1 Å². The average Bonchev–Trinajstić information content (AvgIpc) is 3.22. The number of aryl methyl sites for hydroxylation is 2. The molecule has 3 rings (SSSR count). The van der Waals surface area contributed by atoms with E-state index in [1.807, 2.05) is 32.0 Å². The molecule has 144 valence electrons. The molecule has 2 N–H and O–H groups in total. The van der Waals surface area contributed by atoms with Crippen LogP contribution in [0.4, 0.5) is 0 Å². The van der Waals surface area contributed by atoms with Crippen LogP contribution in [0.2, 0.25) is 0 Å². The van der Waals surface area contributed by atoms with E-state index in [-0.39, 0.29) is 12.4 Å². The number of hydrogen-bond acceptors (Lipinski definition) is 4. The number of rotatable bonds is 6. The summed E-state index contributed by atoms with van der Waals surface area (Å²) in [4.78, 5) is 0.305. The van der Waals surface area contributed by atoms with Crippen LogP contribution in [0.25, 0.3) is 11.5 Å². The minimum atomic E-state index is -0.194. The number of hydrogen-bond donors (Lipinski definition) is 2. The SMILES string of the molecule is Cc1ccc(/C([O-])=C(/C(=S)NCc2ccco2)[n+]2cccc(CO)c2)cc1C. The Labute approximate surface area is 169 Å². The average molecular weight is 394 g/mol. The van der Waals surface area contributed by atoms with Gasteiger partial charge < -0.3 is 19.9 Å². The third-order valence-electron chi connectivity index (χ3n) is 4.51. The molecule has 0 spiro atoms. The highest BCUT2D eigenvalue weighted by atomic mass is 32.1. The quantitative estimate of drug-likeness (QED) is 0.291. The molecule has 0 fully saturated rings. The Bertz CT molecular complexity index is 1010. The lowest BCUT2D eigenvalue weighted by atomic mass is 10.0. The van der Waals surface area contributed by atoms with Gasteiger partial charge in [0.15, 0.2) is 17.4 Å². The second-order valence-electron chi connectivity index (χ2n) is 6.52. The largest absolute Gasteiger partial charge is 0.867 e. The standard InChI is InChI=1S/C22H22N2O3S/c1-15-7-8-18(11-16(15)2)21(26)20(24-9-3-5-17(13-24)14-25)22(28)23-12-19-6-4-10-27-19/h3-11,13,25H,12,14H2,1-2H3,(H-,23,26,28). The number of pyridine rings is 1. The molecule has 3 aromatic rings. The van der Waals surface area contributed by atoms with Crippen LogP contribution < -0.4 is 15.0 Å². The fourth-order valence-corrected chi connectivity index (χ4v) is 3.05. The number of nitrogens with one attached hydrogen (secondary N) is 1. The van der Waals surface area contributed by atoms with Crippen molar-refractivity contribution in [2.24, 2.45) is 0 Å². The van der Waals surface area contributed by atoms with Crippen molar-refractivity contribution in [1.29, 1.82) is 0 Å². The Morgan fingerprint density at radius 1 is 1.18 bits per heavy atom. The van der Waals surface area contributed by atoms with Crippen LogP contribution in [0.1, 0.15) is 28.0 Å². The molecule has 0 unspecified atom stereocenters. The summed E-state index contributed by atoms with van der Waals surface area (Å²) in [5.74, 6) is 0.523. The van der Waals surface area contributed by atoms with Crippen molar-refractivity contribution in [2.45, 2.75) is 27.0 Å². The summed E-state index contributed by atoms with van der Waals surface area (Å²) in [7, 11) is 0.